The Bertz CT molecular complexity index is 657. The van der Waals surface area contributed by atoms with Gasteiger partial charge in [0.25, 0.3) is 0 Å². The van der Waals surface area contributed by atoms with E-state index < -0.39 is 19.0 Å². The standard InChI is InChI=1S/C18H27BFN3O4/c1-12(2)10-16(19(26)27)21-17(24)11-22(3)18(25)15-8-9-23(15)14-6-4-13(20)5-7-14/h4-7,12,15-16,26-27H,8-11H2,1-3H3,(H,21,24)/t15-,16+/m0/s1. The molecule has 1 heterocycles. The molecule has 148 valence electrons. The topological polar surface area (TPSA) is 93.1 Å². The van der Waals surface area contributed by atoms with Crippen LogP contribution in [0.15, 0.2) is 24.3 Å². The van der Waals surface area contributed by atoms with Gasteiger partial charge in [0.15, 0.2) is 0 Å². The van der Waals surface area contributed by atoms with Gasteiger partial charge in [0.05, 0.1) is 12.5 Å². The van der Waals surface area contributed by atoms with Crippen molar-refractivity contribution < 1.29 is 24.0 Å². The molecule has 0 bridgehead atoms. The minimum Gasteiger partial charge on any atom is -0.426 e. The number of benzene rings is 1. The van der Waals surface area contributed by atoms with E-state index in [9.17, 15) is 24.0 Å². The first-order valence-electron chi connectivity index (χ1n) is 9.11. The number of nitrogens with one attached hydrogen (secondary N) is 1. The summed E-state index contributed by atoms with van der Waals surface area (Å²) in [6.45, 7) is 4.35. The number of hydrogen-bond donors (Lipinski definition) is 3. The van der Waals surface area contributed by atoms with Crippen molar-refractivity contribution >= 4 is 24.6 Å². The number of amides is 2. The van der Waals surface area contributed by atoms with Crippen LogP contribution in [0.3, 0.4) is 0 Å². The van der Waals surface area contributed by atoms with Crippen LogP contribution in [0.1, 0.15) is 26.7 Å². The van der Waals surface area contributed by atoms with Crippen LogP contribution >= 0.6 is 0 Å². The molecule has 2 rings (SSSR count). The summed E-state index contributed by atoms with van der Waals surface area (Å²) in [6.07, 6.45) is 1.08. The number of likely N-dealkylation sites (N-methyl/N-ethyl adjacent to an activating group) is 1. The van der Waals surface area contributed by atoms with Crippen LogP contribution in [0.25, 0.3) is 0 Å². The van der Waals surface area contributed by atoms with E-state index in [0.717, 1.165) is 5.69 Å². The lowest BCUT2D eigenvalue weighted by molar-refractivity contribution is -0.136. The number of carbonyl (C=O) groups excluding carboxylic acids is 2. The Balaban J connectivity index is 1.90. The Hall–Kier alpha value is -2.13. The summed E-state index contributed by atoms with van der Waals surface area (Å²) in [7, 11) is -0.117. The van der Waals surface area contributed by atoms with Crippen LogP contribution in [0.5, 0.6) is 0 Å². The largest absolute Gasteiger partial charge is 0.475 e. The lowest BCUT2D eigenvalue weighted by Crippen LogP contribution is -2.58. The molecule has 2 amide bonds. The fourth-order valence-electron chi connectivity index (χ4n) is 3.15. The first kappa shape index (κ1) is 21.2. The van der Waals surface area contributed by atoms with Gasteiger partial charge in [-0.05, 0) is 43.0 Å². The third kappa shape index (κ3) is 5.67. The summed E-state index contributed by atoms with van der Waals surface area (Å²) in [6, 6.07) is 5.56. The fourth-order valence-corrected chi connectivity index (χ4v) is 3.15. The van der Waals surface area contributed by atoms with Gasteiger partial charge in [-0.3, -0.25) is 9.59 Å². The lowest BCUT2D eigenvalue weighted by atomic mass is 9.75. The van der Waals surface area contributed by atoms with Crippen molar-refractivity contribution in [3.63, 3.8) is 0 Å². The van der Waals surface area contributed by atoms with Gasteiger partial charge in [-0.1, -0.05) is 13.8 Å². The first-order valence-corrected chi connectivity index (χ1v) is 9.11. The predicted octanol–water partition coefficient (Wildman–Crippen LogP) is 0.406. The second kappa shape index (κ2) is 9.19. The van der Waals surface area contributed by atoms with E-state index in [1.54, 1.807) is 12.1 Å². The third-order valence-corrected chi connectivity index (χ3v) is 4.65. The van der Waals surface area contributed by atoms with Crippen LogP contribution in [-0.4, -0.2) is 66.0 Å². The minimum atomic E-state index is -1.65. The monoisotopic (exact) mass is 379 g/mol. The summed E-state index contributed by atoms with van der Waals surface area (Å²) in [5.74, 6) is -1.59. The zero-order valence-electron chi connectivity index (χ0n) is 15.9. The molecule has 9 heteroatoms. The Morgan fingerprint density at radius 2 is 1.96 bits per heavy atom. The fraction of sp³-hybridized carbons (Fsp3) is 0.556. The summed E-state index contributed by atoms with van der Waals surface area (Å²) < 4.78 is 13.1. The summed E-state index contributed by atoms with van der Waals surface area (Å²) in [5.41, 5.74) is 0.763. The molecule has 0 saturated carbocycles. The molecule has 3 N–H and O–H groups in total. The maximum absolute atomic E-state index is 13.1. The molecule has 0 aromatic heterocycles. The number of anilines is 1. The van der Waals surface area contributed by atoms with Gasteiger partial charge in [-0.25, -0.2) is 4.39 Å². The quantitative estimate of drug-likeness (QED) is 0.569. The van der Waals surface area contributed by atoms with Crippen molar-refractivity contribution in [1.82, 2.24) is 10.2 Å². The third-order valence-electron chi connectivity index (χ3n) is 4.65. The van der Waals surface area contributed by atoms with Crippen LogP contribution in [-0.2, 0) is 9.59 Å². The molecule has 1 aliphatic heterocycles. The molecule has 0 spiro atoms. The highest BCUT2D eigenvalue weighted by Gasteiger charge is 2.36. The molecule has 1 saturated heterocycles. The van der Waals surface area contributed by atoms with E-state index in [4.69, 9.17) is 0 Å². The van der Waals surface area contributed by atoms with Crippen LogP contribution < -0.4 is 10.2 Å². The Kier molecular flexibility index (Phi) is 7.21. The summed E-state index contributed by atoms with van der Waals surface area (Å²) in [4.78, 5) is 28.0. The van der Waals surface area contributed by atoms with Gasteiger partial charge in [-0.15, -0.1) is 0 Å². The molecule has 2 atom stereocenters. The zero-order valence-corrected chi connectivity index (χ0v) is 15.9. The number of hydrogen-bond acceptors (Lipinski definition) is 5. The van der Waals surface area contributed by atoms with Gasteiger partial charge in [-0.2, -0.15) is 0 Å². The summed E-state index contributed by atoms with van der Waals surface area (Å²) >= 11 is 0. The van der Waals surface area contributed by atoms with Crippen LogP contribution in [0, 0.1) is 11.7 Å². The Morgan fingerprint density at radius 1 is 1.33 bits per heavy atom. The summed E-state index contributed by atoms with van der Waals surface area (Å²) in [5, 5.41) is 21.4. The first-order chi connectivity index (χ1) is 12.7. The van der Waals surface area contributed by atoms with Gasteiger partial charge in [0.1, 0.15) is 11.9 Å². The lowest BCUT2D eigenvalue weighted by Gasteiger charge is -2.43. The van der Waals surface area contributed by atoms with E-state index >= 15 is 0 Å². The van der Waals surface area contributed by atoms with Crippen molar-refractivity contribution in [3.8, 4) is 0 Å². The van der Waals surface area contributed by atoms with E-state index in [2.05, 4.69) is 5.32 Å². The normalized spacial score (nSPS) is 17.3. The van der Waals surface area contributed by atoms with Crippen LogP contribution in [0.2, 0.25) is 0 Å². The van der Waals surface area contributed by atoms with Crippen molar-refractivity contribution in [1.29, 1.82) is 0 Å². The highest BCUT2D eigenvalue weighted by molar-refractivity contribution is 6.43. The Morgan fingerprint density at radius 3 is 2.44 bits per heavy atom. The number of carbonyl (C=O) groups is 2. The number of halogens is 1. The molecule has 1 aromatic carbocycles. The highest BCUT2D eigenvalue weighted by Crippen LogP contribution is 2.27. The second-order valence-corrected chi connectivity index (χ2v) is 7.39. The zero-order chi connectivity index (χ0) is 20.1. The van der Waals surface area contributed by atoms with Crippen molar-refractivity contribution in [2.45, 2.75) is 38.7 Å². The van der Waals surface area contributed by atoms with E-state index in [-0.39, 0.29) is 30.2 Å². The molecule has 1 aromatic rings. The van der Waals surface area contributed by atoms with Gasteiger partial charge in [0.2, 0.25) is 11.8 Å². The number of nitrogens with zero attached hydrogens (tertiary/aromatic N) is 2. The molecule has 0 aliphatic carbocycles. The Labute approximate surface area is 159 Å². The number of rotatable bonds is 8. The van der Waals surface area contributed by atoms with E-state index in [0.29, 0.717) is 19.4 Å². The second-order valence-electron chi connectivity index (χ2n) is 7.39. The molecule has 1 aliphatic rings. The minimum absolute atomic E-state index is 0.173. The molecule has 0 unspecified atom stereocenters. The highest BCUT2D eigenvalue weighted by atomic mass is 19.1. The maximum Gasteiger partial charge on any atom is 0.475 e. The van der Waals surface area contributed by atoms with E-state index in [1.165, 1.54) is 24.1 Å². The van der Waals surface area contributed by atoms with Crippen molar-refractivity contribution in [3.05, 3.63) is 30.1 Å². The average molecular weight is 379 g/mol. The molecular formula is C18H27BFN3O4. The van der Waals surface area contributed by atoms with Crippen molar-refractivity contribution in [2.75, 3.05) is 25.0 Å². The molecule has 0 radical (unpaired) electrons. The van der Waals surface area contributed by atoms with Gasteiger partial charge < -0.3 is 25.2 Å². The van der Waals surface area contributed by atoms with Crippen LogP contribution in [0.4, 0.5) is 10.1 Å². The predicted molar refractivity (Wildman–Crippen MR) is 101 cm³/mol. The molecule has 27 heavy (non-hydrogen) atoms. The molecule has 1 fully saturated rings. The maximum atomic E-state index is 13.1. The SMILES string of the molecule is CC(C)C[C@@H](NC(=O)CN(C)C(=O)[C@@H]1CCN1c1ccc(F)cc1)B(O)O. The van der Waals surface area contributed by atoms with E-state index in [1.807, 2.05) is 18.7 Å². The average Bonchev–Trinajstić information content (AvgIpc) is 2.54. The van der Waals surface area contributed by atoms with Gasteiger partial charge in [0, 0.05) is 19.3 Å². The van der Waals surface area contributed by atoms with Gasteiger partial charge >= 0.3 is 7.12 Å². The van der Waals surface area contributed by atoms with Crippen molar-refractivity contribution in [2.24, 2.45) is 5.92 Å². The molecular weight excluding hydrogens is 352 g/mol. The smallest absolute Gasteiger partial charge is 0.426 e. The molecule has 7 nitrogen and oxygen atoms in total.